The van der Waals surface area contributed by atoms with Gasteiger partial charge in [-0.05, 0) is 24.7 Å². The highest BCUT2D eigenvalue weighted by Gasteiger charge is 2.18. The molecular formula is C12H14N2O. The fourth-order valence-electron chi connectivity index (χ4n) is 1.75. The standard InChI is InChI=1S/C12H14N2O/c1-14-6-7-15-12(9-14)11-4-2-10(8-13)3-5-11/h2-5,12H,6-7,9H2,1H3. The van der Waals surface area contributed by atoms with Gasteiger partial charge in [0.2, 0.25) is 0 Å². The first-order valence-electron chi connectivity index (χ1n) is 5.10. The first-order chi connectivity index (χ1) is 7.29. The number of likely N-dealkylation sites (N-methyl/N-ethyl adjacent to an activating group) is 1. The maximum Gasteiger partial charge on any atom is 0.0991 e. The van der Waals surface area contributed by atoms with Crippen molar-refractivity contribution in [1.29, 1.82) is 5.26 Å². The van der Waals surface area contributed by atoms with Crippen molar-refractivity contribution in [3.05, 3.63) is 35.4 Å². The molecule has 0 aromatic heterocycles. The maximum absolute atomic E-state index is 8.69. The highest BCUT2D eigenvalue weighted by Crippen LogP contribution is 2.21. The molecule has 3 nitrogen and oxygen atoms in total. The molecule has 3 heteroatoms. The molecule has 1 fully saturated rings. The molecule has 1 saturated heterocycles. The van der Waals surface area contributed by atoms with Gasteiger partial charge in [0, 0.05) is 13.1 Å². The van der Waals surface area contributed by atoms with E-state index in [1.165, 1.54) is 0 Å². The Labute approximate surface area is 89.9 Å². The van der Waals surface area contributed by atoms with E-state index in [0.29, 0.717) is 5.56 Å². The molecule has 1 aliphatic rings. The van der Waals surface area contributed by atoms with Crippen LogP contribution in [0.15, 0.2) is 24.3 Å². The average molecular weight is 202 g/mol. The SMILES string of the molecule is CN1CCOC(c2ccc(C#N)cc2)C1. The van der Waals surface area contributed by atoms with Crippen molar-refractivity contribution in [3.63, 3.8) is 0 Å². The van der Waals surface area contributed by atoms with Gasteiger partial charge >= 0.3 is 0 Å². The van der Waals surface area contributed by atoms with Gasteiger partial charge in [0.25, 0.3) is 0 Å². The average Bonchev–Trinajstić information content (AvgIpc) is 2.29. The molecule has 1 heterocycles. The molecule has 1 aromatic carbocycles. The van der Waals surface area contributed by atoms with E-state index in [-0.39, 0.29) is 6.10 Å². The van der Waals surface area contributed by atoms with Crippen LogP contribution in [0.1, 0.15) is 17.2 Å². The lowest BCUT2D eigenvalue weighted by Gasteiger charge is -2.30. The van der Waals surface area contributed by atoms with Crippen LogP contribution in [0.4, 0.5) is 0 Å². The maximum atomic E-state index is 8.69. The van der Waals surface area contributed by atoms with Crippen LogP contribution in [0.3, 0.4) is 0 Å². The molecule has 0 aliphatic carbocycles. The van der Waals surface area contributed by atoms with E-state index in [4.69, 9.17) is 10.00 Å². The minimum absolute atomic E-state index is 0.150. The zero-order valence-electron chi connectivity index (χ0n) is 8.81. The molecule has 0 saturated carbocycles. The van der Waals surface area contributed by atoms with Crippen LogP contribution in [-0.4, -0.2) is 31.6 Å². The van der Waals surface area contributed by atoms with Crippen molar-refractivity contribution in [2.45, 2.75) is 6.10 Å². The van der Waals surface area contributed by atoms with Crippen LogP contribution in [0, 0.1) is 11.3 Å². The van der Waals surface area contributed by atoms with Crippen molar-refractivity contribution in [3.8, 4) is 6.07 Å². The fraction of sp³-hybridized carbons (Fsp3) is 0.417. The van der Waals surface area contributed by atoms with E-state index in [1.807, 2.05) is 24.3 Å². The lowest BCUT2D eigenvalue weighted by molar-refractivity contribution is -0.0208. The summed E-state index contributed by atoms with van der Waals surface area (Å²) < 4.78 is 5.68. The highest BCUT2D eigenvalue weighted by molar-refractivity contribution is 5.32. The largest absolute Gasteiger partial charge is 0.371 e. The van der Waals surface area contributed by atoms with Gasteiger partial charge in [-0.3, -0.25) is 0 Å². The minimum Gasteiger partial charge on any atom is -0.371 e. The van der Waals surface area contributed by atoms with Crippen LogP contribution < -0.4 is 0 Å². The van der Waals surface area contributed by atoms with Crippen LogP contribution in [-0.2, 0) is 4.74 Å². The van der Waals surface area contributed by atoms with Gasteiger partial charge in [-0.15, -0.1) is 0 Å². The van der Waals surface area contributed by atoms with E-state index >= 15 is 0 Å². The number of nitriles is 1. The van der Waals surface area contributed by atoms with Crippen molar-refractivity contribution in [2.24, 2.45) is 0 Å². The third kappa shape index (κ3) is 2.35. The number of hydrogen-bond acceptors (Lipinski definition) is 3. The van der Waals surface area contributed by atoms with E-state index in [9.17, 15) is 0 Å². The molecular weight excluding hydrogens is 188 g/mol. The van der Waals surface area contributed by atoms with Crippen molar-refractivity contribution < 1.29 is 4.74 Å². The lowest BCUT2D eigenvalue weighted by atomic mass is 10.1. The Kier molecular flexibility index (Phi) is 3.00. The zero-order chi connectivity index (χ0) is 10.7. The van der Waals surface area contributed by atoms with Gasteiger partial charge in [-0.2, -0.15) is 5.26 Å². The first kappa shape index (κ1) is 10.2. The Morgan fingerprint density at radius 1 is 1.40 bits per heavy atom. The summed E-state index contributed by atoms with van der Waals surface area (Å²) in [6, 6.07) is 9.74. The third-order valence-electron chi connectivity index (χ3n) is 2.68. The van der Waals surface area contributed by atoms with Gasteiger partial charge in [0.05, 0.1) is 24.3 Å². The molecule has 0 radical (unpaired) electrons. The molecule has 1 aromatic rings. The molecule has 0 amide bonds. The molecule has 1 aliphatic heterocycles. The van der Waals surface area contributed by atoms with Crippen molar-refractivity contribution >= 4 is 0 Å². The summed E-state index contributed by atoms with van der Waals surface area (Å²) in [6.45, 7) is 2.69. The van der Waals surface area contributed by atoms with Gasteiger partial charge in [0.15, 0.2) is 0 Å². The number of benzene rings is 1. The summed E-state index contributed by atoms with van der Waals surface area (Å²) >= 11 is 0. The van der Waals surface area contributed by atoms with Crippen molar-refractivity contribution in [1.82, 2.24) is 4.90 Å². The van der Waals surface area contributed by atoms with E-state index in [2.05, 4.69) is 18.0 Å². The van der Waals surface area contributed by atoms with E-state index < -0.39 is 0 Å². The Balaban J connectivity index is 2.12. The van der Waals surface area contributed by atoms with E-state index in [1.54, 1.807) is 0 Å². The molecule has 0 bridgehead atoms. The first-order valence-corrected chi connectivity index (χ1v) is 5.10. The fourth-order valence-corrected chi connectivity index (χ4v) is 1.75. The summed E-state index contributed by atoms with van der Waals surface area (Å²) in [5, 5.41) is 8.69. The van der Waals surface area contributed by atoms with Gasteiger partial charge in [-0.1, -0.05) is 12.1 Å². The Morgan fingerprint density at radius 2 is 2.13 bits per heavy atom. The van der Waals surface area contributed by atoms with Crippen LogP contribution >= 0.6 is 0 Å². The molecule has 78 valence electrons. The Bertz CT molecular complexity index is 366. The summed E-state index contributed by atoms with van der Waals surface area (Å²) in [6.07, 6.45) is 0.150. The van der Waals surface area contributed by atoms with Crippen LogP contribution in [0.5, 0.6) is 0 Å². The molecule has 2 rings (SSSR count). The van der Waals surface area contributed by atoms with E-state index in [0.717, 1.165) is 25.3 Å². The second-order valence-corrected chi connectivity index (χ2v) is 3.86. The summed E-state index contributed by atoms with van der Waals surface area (Å²) in [4.78, 5) is 2.26. The highest BCUT2D eigenvalue weighted by atomic mass is 16.5. The van der Waals surface area contributed by atoms with Gasteiger partial charge in [-0.25, -0.2) is 0 Å². The summed E-state index contributed by atoms with van der Waals surface area (Å²) in [5.74, 6) is 0. The number of rotatable bonds is 1. The molecule has 0 N–H and O–H groups in total. The van der Waals surface area contributed by atoms with Crippen molar-refractivity contribution in [2.75, 3.05) is 26.7 Å². The van der Waals surface area contributed by atoms with Gasteiger partial charge in [0.1, 0.15) is 0 Å². The van der Waals surface area contributed by atoms with Crippen LogP contribution in [0.2, 0.25) is 0 Å². The predicted molar refractivity (Wildman–Crippen MR) is 57.3 cm³/mol. The quantitative estimate of drug-likeness (QED) is 0.693. The second kappa shape index (κ2) is 4.43. The minimum atomic E-state index is 0.150. The number of morpholine rings is 1. The topological polar surface area (TPSA) is 36.3 Å². The normalized spacial score (nSPS) is 22.3. The second-order valence-electron chi connectivity index (χ2n) is 3.86. The number of hydrogen-bond donors (Lipinski definition) is 0. The zero-order valence-corrected chi connectivity index (χ0v) is 8.81. The molecule has 1 unspecified atom stereocenters. The molecule has 0 spiro atoms. The monoisotopic (exact) mass is 202 g/mol. The van der Waals surface area contributed by atoms with Gasteiger partial charge < -0.3 is 9.64 Å². The molecule has 1 atom stereocenters. The smallest absolute Gasteiger partial charge is 0.0991 e. The summed E-state index contributed by atoms with van der Waals surface area (Å²) in [5.41, 5.74) is 1.85. The predicted octanol–water partition coefficient (Wildman–Crippen LogP) is 1.56. The number of ether oxygens (including phenoxy) is 1. The molecule has 15 heavy (non-hydrogen) atoms. The Hall–Kier alpha value is -1.37. The lowest BCUT2D eigenvalue weighted by Crippen LogP contribution is -2.35. The summed E-state index contributed by atoms with van der Waals surface area (Å²) in [7, 11) is 2.10. The van der Waals surface area contributed by atoms with Crippen LogP contribution in [0.25, 0.3) is 0 Å². The number of nitrogens with zero attached hydrogens (tertiary/aromatic N) is 2. The third-order valence-corrected chi connectivity index (χ3v) is 2.68. The Morgan fingerprint density at radius 3 is 2.73 bits per heavy atom.